The predicted molar refractivity (Wildman–Crippen MR) is 142 cm³/mol. The van der Waals surface area contributed by atoms with Crippen LogP contribution in [-0.4, -0.2) is 49.9 Å². The number of nitrogens with one attached hydrogen (secondary N) is 1. The number of methoxy groups -OCH3 is 1. The number of rotatable bonds is 6. The quantitative estimate of drug-likeness (QED) is 0.496. The van der Waals surface area contributed by atoms with Gasteiger partial charge in [-0.2, -0.15) is 0 Å². The number of hydrogen-bond donors (Lipinski definition) is 1. The van der Waals surface area contributed by atoms with E-state index in [4.69, 9.17) is 25.8 Å². The van der Waals surface area contributed by atoms with Gasteiger partial charge in [0, 0.05) is 12.1 Å². The molecule has 0 radical (unpaired) electrons. The summed E-state index contributed by atoms with van der Waals surface area (Å²) >= 11 is 6.54. The van der Waals surface area contributed by atoms with Gasteiger partial charge >= 0.3 is 6.09 Å². The fourth-order valence-electron chi connectivity index (χ4n) is 6.10. The van der Waals surface area contributed by atoms with Gasteiger partial charge in [0.05, 0.1) is 24.3 Å². The molecule has 3 aliphatic heterocycles. The molecular formula is C29H37ClN2O4. The zero-order chi connectivity index (χ0) is 25.6. The van der Waals surface area contributed by atoms with E-state index in [9.17, 15) is 4.79 Å². The third-order valence-corrected chi connectivity index (χ3v) is 8.22. The molecule has 7 heteroatoms. The van der Waals surface area contributed by atoms with Crippen LogP contribution in [0.25, 0.3) is 11.1 Å². The summed E-state index contributed by atoms with van der Waals surface area (Å²) in [5.74, 6) is 1.90. The van der Waals surface area contributed by atoms with E-state index in [-0.39, 0.29) is 29.8 Å². The highest BCUT2D eigenvalue weighted by Gasteiger charge is 2.42. The van der Waals surface area contributed by atoms with Crippen LogP contribution < -0.4 is 14.8 Å². The van der Waals surface area contributed by atoms with Crippen molar-refractivity contribution in [2.24, 2.45) is 11.3 Å². The summed E-state index contributed by atoms with van der Waals surface area (Å²) in [4.78, 5) is 15.4. The highest BCUT2D eigenvalue weighted by Crippen LogP contribution is 2.49. The van der Waals surface area contributed by atoms with Crippen LogP contribution in [0, 0.1) is 11.3 Å². The van der Waals surface area contributed by atoms with E-state index in [1.54, 1.807) is 7.11 Å². The second kappa shape index (κ2) is 9.79. The first-order chi connectivity index (χ1) is 17.1. The molecule has 194 valence electrons. The van der Waals surface area contributed by atoms with E-state index in [0.717, 1.165) is 61.3 Å². The average Bonchev–Trinajstić information content (AvgIpc) is 3.08. The smallest absolute Gasteiger partial charge is 0.407 e. The first kappa shape index (κ1) is 25.2. The molecule has 0 saturated carbocycles. The lowest BCUT2D eigenvalue weighted by Crippen LogP contribution is -2.53. The lowest BCUT2D eigenvalue weighted by Gasteiger charge is -2.44. The summed E-state index contributed by atoms with van der Waals surface area (Å²) in [7, 11) is 1.67. The van der Waals surface area contributed by atoms with Crippen molar-refractivity contribution in [3.05, 3.63) is 46.5 Å². The number of benzene rings is 2. The molecule has 0 aromatic heterocycles. The van der Waals surface area contributed by atoms with Crippen molar-refractivity contribution in [3.8, 4) is 22.6 Å². The fraction of sp³-hybridized carbons (Fsp3) is 0.552. The van der Waals surface area contributed by atoms with E-state index in [1.165, 1.54) is 5.56 Å². The summed E-state index contributed by atoms with van der Waals surface area (Å²) < 4.78 is 17.6. The van der Waals surface area contributed by atoms with E-state index in [1.807, 2.05) is 32.0 Å². The fourth-order valence-corrected chi connectivity index (χ4v) is 6.32. The molecule has 3 saturated heterocycles. The number of piperidine rings is 3. The number of nitrogens with zero attached hydrogens (tertiary/aromatic N) is 1. The standard InChI is InChI=1S/C29H37ClN2O4/c1-17(2)35-24-7-6-19(13-23(24)30)21-12-20-15-29(3,4)27(22(20)14-25(21)34-5)31-28(33)36-26-16-32-10-8-18(26)9-11-32/h6-7,12-14,17-18,26-27H,8-11,15-16H2,1-5H3,(H,31,33)/t26-,27?/m0/s1. The van der Waals surface area contributed by atoms with Crippen molar-refractivity contribution < 1.29 is 19.0 Å². The minimum absolute atomic E-state index is 0.0132. The number of fused-ring (bicyclic) bond motifs is 4. The molecule has 2 aromatic rings. The normalized spacial score (nSPS) is 26.0. The second-order valence-corrected chi connectivity index (χ2v) is 11.8. The van der Waals surface area contributed by atoms with Crippen LogP contribution in [0.1, 0.15) is 57.7 Å². The second-order valence-electron chi connectivity index (χ2n) is 11.4. The van der Waals surface area contributed by atoms with Gasteiger partial charge in [0.2, 0.25) is 0 Å². The van der Waals surface area contributed by atoms with Crippen molar-refractivity contribution in [1.82, 2.24) is 10.2 Å². The molecule has 3 heterocycles. The lowest BCUT2D eigenvalue weighted by atomic mass is 9.85. The Hall–Kier alpha value is -2.44. The van der Waals surface area contributed by atoms with E-state index < -0.39 is 0 Å². The van der Waals surface area contributed by atoms with Crippen molar-refractivity contribution in [1.29, 1.82) is 0 Å². The lowest BCUT2D eigenvalue weighted by molar-refractivity contribution is -0.0349. The SMILES string of the molecule is COc1cc2c(cc1-c1ccc(OC(C)C)c(Cl)c1)CC(C)(C)C2NC(=O)O[C@H]1CN2CCC1CC2. The summed E-state index contributed by atoms with van der Waals surface area (Å²) in [6.45, 7) is 11.4. The van der Waals surface area contributed by atoms with Gasteiger partial charge in [0.25, 0.3) is 0 Å². The van der Waals surface area contributed by atoms with Crippen LogP contribution in [-0.2, 0) is 11.2 Å². The summed E-state index contributed by atoms with van der Waals surface area (Å²) in [6.07, 6.45) is 2.78. The number of amides is 1. The van der Waals surface area contributed by atoms with Gasteiger partial charge in [-0.15, -0.1) is 0 Å². The van der Waals surface area contributed by atoms with Crippen LogP contribution in [0.3, 0.4) is 0 Å². The Morgan fingerprint density at radius 2 is 1.89 bits per heavy atom. The number of halogens is 1. The molecule has 2 bridgehead atoms. The van der Waals surface area contributed by atoms with Gasteiger partial charge in [-0.1, -0.05) is 31.5 Å². The molecule has 1 N–H and O–H groups in total. The van der Waals surface area contributed by atoms with Crippen LogP contribution in [0.2, 0.25) is 5.02 Å². The van der Waals surface area contributed by atoms with Crippen molar-refractivity contribution >= 4 is 17.7 Å². The maximum absolute atomic E-state index is 13.0. The van der Waals surface area contributed by atoms with Crippen LogP contribution in [0.5, 0.6) is 11.5 Å². The van der Waals surface area contributed by atoms with Gasteiger partial charge in [0.1, 0.15) is 17.6 Å². The molecule has 6 rings (SSSR count). The Bertz CT molecular complexity index is 1140. The Morgan fingerprint density at radius 1 is 1.14 bits per heavy atom. The molecule has 3 fully saturated rings. The number of alkyl carbamates (subject to hydrolysis) is 1. The topological polar surface area (TPSA) is 60.0 Å². The van der Waals surface area contributed by atoms with Gasteiger partial charge in [-0.3, -0.25) is 4.90 Å². The number of carbonyl (C=O) groups is 1. The molecule has 0 spiro atoms. The minimum atomic E-state index is -0.324. The van der Waals surface area contributed by atoms with Crippen molar-refractivity contribution in [3.63, 3.8) is 0 Å². The summed E-state index contributed by atoms with van der Waals surface area (Å²) in [5, 5.41) is 3.77. The Balaban J connectivity index is 1.38. The van der Waals surface area contributed by atoms with Crippen LogP contribution in [0.15, 0.2) is 30.3 Å². The Kier molecular flexibility index (Phi) is 6.86. The monoisotopic (exact) mass is 512 g/mol. The van der Waals surface area contributed by atoms with E-state index >= 15 is 0 Å². The van der Waals surface area contributed by atoms with Crippen LogP contribution >= 0.6 is 11.6 Å². The van der Waals surface area contributed by atoms with E-state index in [0.29, 0.717) is 16.7 Å². The molecule has 4 aliphatic rings. The highest BCUT2D eigenvalue weighted by molar-refractivity contribution is 6.32. The molecule has 2 aromatic carbocycles. The zero-order valence-electron chi connectivity index (χ0n) is 21.9. The van der Waals surface area contributed by atoms with Crippen molar-refractivity contribution in [2.75, 3.05) is 26.7 Å². The average molecular weight is 513 g/mol. The van der Waals surface area contributed by atoms with Crippen molar-refractivity contribution in [2.45, 2.75) is 65.2 Å². The number of hydrogen-bond acceptors (Lipinski definition) is 5. The number of carbonyl (C=O) groups excluding carboxylic acids is 1. The Morgan fingerprint density at radius 3 is 2.50 bits per heavy atom. The maximum Gasteiger partial charge on any atom is 0.407 e. The molecule has 1 amide bonds. The molecule has 6 nitrogen and oxygen atoms in total. The molecule has 1 unspecified atom stereocenters. The predicted octanol–water partition coefficient (Wildman–Crippen LogP) is 6.25. The summed E-state index contributed by atoms with van der Waals surface area (Å²) in [6, 6.07) is 9.91. The first-order valence-electron chi connectivity index (χ1n) is 13.0. The zero-order valence-corrected chi connectivity index (χ0v) is 22.7. The van der Waals surface area contributed by atoms with Gasteiger partial charge < -0.3 is 19.5 Å². The van der Waals surface area contributed by atoms with Gasteiger partial charge in [-0.05, 0) is 98.5 Å². The minimum Gasteiger partial charge on any atom is -0.496 e. The Labute approximate surface area is 219 Å². The van der Waals surface area contributed by atoms with E-state index in [2.05, 4.69) is 36.2 Å². The molecule has 1 aliphatic carbocycles. The molecule has 2 atom stereocenters. The first-order valence-corrected chi connectivity index (χ1v) is 13.4. The maximum atomic E-state index is 13.0. The largest absolute Gasteiger partial charge is 0.496 e. The number of ether oxygens (including phenoxy) is 3. The third-order valence-electron chi connectivity index (χ3n) is 7.92. The third kappa shape index (κ3) is 4.90. The van der Waals surface area contributed by atoms with Gasteiger partial charge in [-0.25, -0.2) is 4.79 Å². The molecule has 36 heavy (non-hydrogen) atoms. The highest BCUT2D eigenvalue weighted by atomic mass is 35.5. The van der Waals surface area contributed by atoms with Gasteiger partial charge in [0.15, 0.2) is 0 Å². The molecular weight excluding hydrogens is 476 g/mol. The summed E-state index contributed by atoms with van der Waals surface area (Å²) in [5.41, 5.74) is 4.05. The van der Waals surface area contributed by atoms with Crippen LogP contribution in [0.4, 0.5) is 4.79 Å².